The van der Waals surface area contributed by atoms with Gasteiger partial charge in [0.05, 0.1) is 11.3 Å². The third-order valence-corrected chi connectivity index (χ3v) is 6.26. The molecule has 4 aromatic rings. The highest BCUT2D eigenvalue weighted by molar-refractivity contribution is 5.77. The Morgan fingerprint density at radius 1 is 1.15 bits per heavy atom. The fourth-order valence-electron chi connectivity index (χ4n) is 4.48. The molecule has 2 aromatic heterocycles. The Labute approximate surface area is 198 Å². The Balaban J connectivity index is 1.63. The maximum Gasteiger partial charge on any atom is 0.278 e. The van der Waals surface area contributed by atoms with Crippen LogP contribution in [0.15, 0.2) is 53.5 Å². The molecule has 0 unspecified atom stereocenters. The molecule has 8 heteroatoms. The van der Waals surface area contributed by atoms with Crippen LogP contribution in [0.3, 0.4) is 0 Å². The Morgan fingerprint density at radius 3 is 2.74 bits per heavy atom. The summed E-state index contributed by atoms with van der Waals surface area (Å²) in [6.45, 7) is 9.26. The zero-order valence-electron chi connectivity index (χ0n) is 20.0. The monoisotopic (exact) mass is 458 g/mol. The Hall–Kier alpha value is -3.49. The number of rotatable bonds is 5. The summed E-state index contributed by atoms with van der Waals surface area (Å²) in [5, 5.41) is 17.7. The molecule has 1 aliphatic heterocycles. The second-order valence-corrected chi connectivity index (χ2v) is 9.63. The lowest BCUT2D eigenvalue weighted by Gasteiger charge is -2.20. The van der Waals surface area contributed by atoms with Crippen LogP contribution >= 0.6 is 0 Å². The second kappa shape index (κ2) is 8.38. The largest absolute Gasteiger partial charge is 0.386 e. The van der Waals surface area contributed by atoms with E-state index in [1.807, 2.05) is 48.9 Å². The second-order valence-electron chi connectivity index (χ2n) is 9.63. The zero-order valence-corrected chi connectivity index (χ0v) is 20.0. The number of hydrogen-bond donors (Lipinski definition) is 3. The van der Waals surface area contributed by atoms with Crippen molar-refractivity contribution < 1.29 is 5.11 Å². The van der Waals surface area contributed by atoms with Gasteiger partial charge in [-0.1, -0.05) is 18.2 Å². The molecule has 0 atom stereocenters. The van der Waals surface area contributed by atoms with Gasteiger partial charge in [0, 0.05) is 24.5 Å². The summed E-state index contributed by atoms with van der Waals surface area (Å²) >= 11 is 0. The van der Waals surface area contributed by atoms with Crippen molar-refractivity contribution in [1.29, 1.82) is 0 Å². The number of nitrogens with one attached hydrogen (secondary N) is 2. The lowest BCUT2D eigenvalue weighted by molar-refractivity contribution is 0.0786. The maximum absolute atomic E-state index is 13.3. The van der Waals surface area contributed by atoms with Gasteiger partial charge in [0.25, 0.3) is 5.56 Å². The summed E-state index contributed by atoms with van der Waals surface area (Å²) in [7, 11) is 0. The Kier molecular flexibility index (Phi) is 5.50. The molecular formula is C26H30N6O2. The van der Waals surface area contributed by atoms with Gasteiger partial charge < -0.3 is 15.7 Å². The van der Waals surface area contributed by atoms with Crippen molar-refractivity contribution in [2.24, 2.45) is 0 Å². The molecule has 0 fully saturated rings. The van der Waals surface area contributed by atoms with Gasteiger partial charge in [-0.2, -0.15) is 4.98 Å². The third kappa shape index (κ3) is 3.99. The number of aliphatic hydroxyl groups is 1. The van der Waals surface area contributed by atoms with Crippen molar-refractivity contribution in [3.63, 3.8) is 0 Å². The lowest BCUT2D eigenvalue weighted by atomic mass is 9.98. The lowest BCUT2D eigenvalue weighted by Crippen LogP contribution is -2.24. The van der Waals surface area contributed by atoms with E-state index in [1.54, 1.807) is 24.7 Å². The Morgan fingerprint density at radius 2 is 1.97 bits per heavy atom. The first-order valence-corrected chi connectivity index (χ1v) is 11.7. The SMILES string of the molecule is CC(C)n1c(=O)c2cnc(Nc3ccc4c(c3)CNCC4)nc2n1-c1cccc(C(C)(C)O)c1. The average Bonchev–Trinajstić information content (AvgIpc) is 3.10. The molecule has 0 saturated heterocycles. The molecule has 0 spiro atoms. The van der Waals surface area contributed by atoms with Crippen molar-refractivity contribution in [1.82, 2.24) is 24.6 Å². The van der Waals surface area contributed by atoms with E-state index in [4.69, 9.17) is 4.98 Å². The molecule has 0 aliphatic carbocycles. The fourth-order valence-corrected chi connectivity index (χ4v) is 4.48. The van der Waals surface area contributed by atoms with E-state index in [1.165, 1.54) is 11.1 Å². The predicted molar refractivity (Wildman–Crippen MR) is 134 cm³/mol. The van der Waals surface area contributed by atoms with Gasteiger partial charge >= 0.3 is 0 Å². The maximum atomic E-state index is 13.3. The topological polar surface area (TPSA) is 97.0 Å². The summed E-state index contributed by atoms with van der Waals surface area (Å²) in [5.74, 6) is 0.421. The number of anilines is 2. The Bertz CT molecular complexity index is 1430. The van der Waals surface area contributed by atoms with Gasteiger partial charge in [0.15, 0.2) is 5.65 Å². The number of hydrogen-bond acceptors (Lipinski definition) is 6. The van der Waals surface area contributed by atoms with Gasteiger partial charge in [0.1, 0.15) is 5.39 Å². The zero-order chi connectivity index (χ0) is 24.0. The van der Waals surface area contributed by atoms with Crippen molar-refractivity contribution in [3.05, 3.63) is 75.7 Å². The van der Waals surface area contributed by atoms with E-state index in [2.05, 4.69) is 27.8 Å². The van der Waals surface area contributed by atoms with Crippen molar-refractivity contribution in [2.75, 3.05) is 11.9 Å². The van der Waals surface area contributed by atoms with Gasteiger partial charge in [0.2, 0.25) is 5.95 Å². The first kappa shape index (κ1) is 22.3. The van der Waals surface area contributed by atoms with E-state index in [0.717, 1.165) is 36.4 Å². The van der Waals surface area contributed by atoms with Crippen LogP contribution in [-0.2, 0) is 18.6 Å². The molecule has 0 radical (unpaired) electrons. The summed E-state index contributed by atoms with van der Waals surface area (Å²) in [6.07, 6.45) is 2.61. The highest BCUT2D eigenvalue weighted by Gasteiger charge is 2.22. The highest BCUT2D eigenvalue weighted by atomic mass is 16.3. The minimum Gasteiger partial charge on any atom is -0.386 e. The van der Waals surface area contributed by atoms with Crippen LogP contribution in [0, 0.1) is 0 Å². The highest BCUT2D eigenvalue weighted by Crippen LogP contribution is 2.26. The summed E-state index contributed by atoms with van der Waals surface area (Å²) in [6, 6.07) is 13.8. The normalized spacial score (nSPS) is 13.9. The average molecular weight is 459 g/mol. The fraction of sp³-hybridized carbons (Fsp3) is 0.346. The molecule has 0 bridgehead atoms. The number of nitrogens with zero attached hydrogens (tertiary/aromatic N) is 4. The summed E-state index contributed by atoms with van der Waals surface area (Å²) in [4.78, 5) is 22.5. The van der Waals surface area contributed by atoms with E-state index < -0.39 is 5.60 Å². The van der Waals surface area contributed by atoms with Crippen LogP contribution in [0.4, 0.5) is 11.6 Å². The molecule has 176 valence electrons. The molecular weight excluding hydrogens is 428 g/mol. The molecule has 8 nitrogen and oxygen atoms in total. The molecule has 0 saturated carbocycles. The van der Waals surface area contributed by atoms with Gasteiger partial charge in [-0.05, 0) is 81.6 Å². The molecule has 3 N–H and O–H groups in total. The van der Waals surface area contributed by atoms with Gasteiger partial charge in [-0.15, -0.1) is 0 Å². The van der Waals surface area contributed by atoms with Crippen LogP contribution in [0.25, 0.3) is 16.7 Å². The summed E-state index contributed by atoms with van der Waals surface area (Å²) < 4.78 is 3.50. The smallest absolute Gasteiger partial charge is 0.278 e. The van der Waals surface area contributed by atoms with Crippen LogP contribution in [-0.4, -0.2) is 31.0 Å². The van der Waals surface area contributed by atoms with Gasteiger partial charge in [-0.25, -0.2) is 14.3 Å². The van der Waals surface area contributed by atoms with E-state index in [-0.39, 0.29) is 11.6 Å². The molecule has 3 heterocycles. The predicted octanol–water partition coefficient (Wildman–Crippen LogP) is 3.78. The van der Waals surface area contributed by atoms with Crippen molar-refractivity contribution in [3.8, 4) is 5.69 Å². The molecule has 5 rings (SSSR count). The van der Waals surface area contributed by atoms with Crippen LogP contribution in [0.5, 0.6) is 0 Å². The molecule has 34 heavy (non-hydrogen) atoms. The first-order valence-electron chi connectivity index (χ1n) is 11.7. The van der Waals surface area contributed by atoms with Crippen LogP contribution < -0.4 is 16.2 Å². The van der Waals surface area contributed by atoms with Crippen molar-refractivity contribution >= 4 is 22.7 Å². The number of aromatic nitrogens is 4. The number of fused-ring (bicyclic) bond motifs is 2. The van der Waals surface area contributed by atoms with E-state index in [0.29, 0.717) is 17.0 Å². The van der Waals surface area contributed by atoms with Gasteiger partial charge in [-0.3, -0.25) is 4.79 Å². The quantitative estimate of drug-likeness (QED) is 0.421. The molecule has 1 aliphatic rings. The third-order valence-electron chi connectivity index (χ3n) is 6.26. The van der Waals surface area contributed by atoms with Crippen molar-refractivity contribution in [2.45, 2.75) is 52.3 Å². The molecule has 2 aromatic carbocycles. The number of benzene rings is 2. The van der Waals surface area contributed by atoms with Crippen LogP contribution in [0.1, 0.15) is 50.4 Å². The minimum absolute atomic E-state index is 0.1000. The van der Waals surface area contributed by atoms with E-state index >= 15 is 0 Å². The first-order chi connectivity index (χ1) is 16.2. The summed E-state index contributed by atoms with van der Waals surface area (Å²) in [5.41, 5.74) is 4.40. The van der Waals surface area contributed by atoms with Crippen LogP contribution in [0.2, 0.25) is 0 Å². The minimum atomic E-state index is -1.01. The van der Waals surface area contributed by atoms with E-state index in [9.17, 15) is 9.90 Å². The standard InChI is InChI=1S/C26H30N6O2/c1-16(2)31-24(33)22-15-28-25(29-20-9-8-17-10-11-27-14-18(17)12-20)30-23(22)32(31)21-7-5-6-19(13-21)26(3,4)34/h5-9,12-13,15-16,27,34H,10-11,14H2,1-4H3,(H,28,29,30). The molecule has 0 amide bonds.